The number of carbonyl (C=O) groups excluding carboxylic acids is 1. The molecule has 1 aliphatic rings. The number of primary amides is 1. The maximum Gasteiger partial charge on any atom is 0.218 e. The number of rotatable bonds is 8. The normalized spacial score (nSPS) is 17.7. The summed E-state index contributed by atoms with van der Waals surface area (Å²) in [6.07, 6.45) is 2.59. The Balaban J connectivity index is 2.17. The first-order valence-electron chi connectivity index (χ1n) is 9.81. The van der Waals surface area contributed by atoms with Crippen molar-refractivity contribution in [1.82, 2.24) is 4.90 Å². The van der Waals surface area contributed by atoms with E-state index in [2.05, 4.69) is 30.0 Å². The van der Waals surface area contributed by atoms with Crippen LogP contribution >= 0.6 is 0 Å². The van der Waals surface area contributed by atoms with Crippen molar-refractivity contribution in [3.8, 4) is 11.5 Å². The van der Waals surface area contributed by atoms with Crippen molar-refractivity contribution < 1.29 is 14.3 Å². The Kier molecular flexibility index (Phi) is 6.25. The average Bonchev–Trinajstić information content (AvgIpc) is 3.27. The maximum atomic E-state index is 12.1. The topological polar surface area (TPSA) is 64.8 Å². The van der Waals surface area contributed by atoms with Crippen molar-refractivity contribution in [1.29, 1.82) is 0 Å². The zero-order chi connectivity index (χ0) is 20.1. The number of hydrogen-bond acceptors (Lipinski definition) is 4. The minimum atomic E-state index is -0.396. The summed E-state index contributed by atoms with van der Waals surface area (Å²) < 4.78 is 11.0. The maximum absolute atomic E-state index is 12.1. The van der Waals surface area contributed by atoms with Crippen LogP contribution in [0.3, 0.4) is 0 Å². The van der Waals surface area contributed by atoms with Crippen LogP contribution in [0.4, 0.5) is 0 Å². The smallest absolute Gasteiger partial charge is 0.218 e. The molecule has 0 spiro atoms. The van der Waals surface area contributed by atoms with Gasteiger partial charge in [-0.05, 0) is 56.1 Å². The lowest BCUT2D eigenvalue weighted by Crippen LogP contribution is -2.47. The van der Waals surface area contributed by atoms with Gasteiger partial charge in [0.15, 0.2) is 11.5 Å². The van der Waals surface area contributed by atoms with Crippen molar-refractivity contribution in [2.24, 2.45) is 5.73 Å². The SMILES string of the molecule is COc1ccc(C(C)(C(CC(N)=O)c2ccccc2)N2CCCC2)cc1OC. The first kappa shape index (κ1) is 20.2. The molecule has 2 N–H and O–H groups in total. The van der Waals surface area contributed by atoms with Crippen LogP contribution in [-0.4, -0.2) is 38.1 Å². The summed E-state index contributed by atoms with van der Waals surface area (Å²) in [7, 11) is 3.28. The van der Waals surface area contributed by atoms with Crippen LogP contribution in [0.5, 0.6) is 11.5 Å². The molecule has 1 fully saturated rings. The molecule has 1 saturated heterocycles. The molecule has 1 heterocycles. The molecule has 0 bridgehead atoms. The van der Waals surface area contributed by atoms with Gasteiger partial charge in [-0.25, -0.2) is 0 Å². The number of benzene rings is 2. The average molecular weight is 383 g/mol. The number of likely N-dealkylation sites (tertiary alicyclic amines) is 1. The molecule has 5 nitrogen and oxygen atoms in total. The van der Waals surface area contributed by atoms with Crippen LogP contribution in [-0.2, 0) is 10.3 Å². The second kappa shape index (κ2) is 8.65. The lowest BCUT2D eigenvalue weighted by molar-refractivity contribution is -0.119. The molecule has 2 unspecified atom stereocenters. The van der Waals surface area contributed by atoms with Crippen LogP contribution < -0.4 is 15.2 Å². The molecule has 1 aliphatic heterocycles. The third-order valence-corrected chi connectivity index (χ3v) is 6.02. The van der Waals surface area contributed by atoms with E-state index in [4.69, 9.17) is 15.2 Å². The highest BCUT2D eigenvalue weighted by Gasteiger charge is 2.44. The zero-order valence-corrected chi connectivity index (χ0v) is 17.0. The molecule has 0 aliphatic carbocycles. The van der Waals surface area contributed by atoms with E-state index in [0.29, 0.717) is 11.5 Å². The van der Waals surface area contributed by atoms with E-state index in [9.17, 15) is 4.79 Å². The summed E-state index contributed by atoms with van der Waals surface area (Å²) in [5, 5.41) is 0. The molecule has 28 heavy (non-hydrogen) atoms. The molecule has 3 rings (SSSR count). The minimum absolute atomic E-state index is 0.0672. The number of carbonyl (C=O) groups is 1. The van der Waals surface area contributed by atoms with E-state index in [1.54, 1.807) is 14.2 Å². The second-order valence-electron chi connectivity index (χ2n) is 7.55. The summed E-state index contributed by atoms with van der Waals surface area (Å²) in [6, 6.07) is 16.3. The van der Waals surface area contributed by atoms with Gasteiger partial charge < -0.3 is 15.2 Å². The van der Waals surface area contributed by atoms with Gasteiger partial charge >= 0.3 is 0 Å². The van der Waals surface area contributed by atoms with Crippen molar-refractivity contribution in [3.63, 3.8) is 0 Å². The standard InChI is InChI=1S/C23H30N2O3/c1-23(25-13-7-8-14-25,18-11-12-20(27-2)21(15-18)28-3)19(16-22(24)26)17-9-5-4-6-10-17/h4-6,9-12,15,19H,7-8,13-14,16H2,1-3H3,(H2,24,26). The molecular weight excluding hydrogens is 352 g/mol. The molecule has 2 aromatic carbocycles. The van der Waals surface area contributed by atoms with Crippen molar-refractivity contribution in [2.75, 3.05) is 27.3 Å². The van der Waals surface area contributed by atoms with Gasteiger partial charge in [0.2, 0.25) is 5.91 Å². The Morgan fingerprint density at radius 1 is 1.07 bits per heavy atom. The van der Waals surface area contributed by atoms with Gasteiger partial charge in [-0.1, -0.05) is 36.4 Å². The van der Waals surface area contributed by atoms with Crippen LogP contribution in [0.2, 0.25) is 0 Å². The van der Waals surface area contributed by atoms with E-state index in [1.165, 1.54) is 0 Å². The van der Waals surface area contributed by atoms with E-state index in [1.807, 2.05) is 30.3 Å². The summed E-state index contributed by atoms with van der Waals surface area (Å²) >= 11 is 0. The highest BCUT2D eigenvalue weighted by atomic mass is 16.5. The molecule has 5 heteroatoms. The van der Waals surface area contributed by atoms with Gasteiger partial charge in [-0.2, -0.15) is 0 Å². The monoisotopic (exact) mass is 382 g/mol. The zero-order valence-electron chi connectivity index (χ0n) is 17.0. The molecule has 0 radical (unpaired) electrons. The quantitative estimate of drug-likeness (QED) is 0.756. The second-order valence-corrected chi connectivity index (χ2v) is 7.55. The molecule has 150 valence electrons. The Morgan fingerprint density at radius 2 is 1.71 bits per heavy atom. The summed E-state index contributed by atoms with van der Waals surface area (Å²) in [6.45, 7) is 4.21. The van der Waals surface area contributed by atoms with Crippen molar-refractivity contribution in [3.05, 3.63) is 59.7 Å². The molecular formula is C23H30N2O3. The number of hydrogen-bond donors (Lipinski definition) is 1. The van der Waals surface area contributed by atoms with Crippen LogP contribution in [0, 0.1) is 0 Å². The fourth-order valence-electron chi connectivity index (χ4n) is 4.46. The molecule has 0 saturated carbocycles. The fraction of sp³-hybridized carbons (Fsp3) is 0.435. The molecule has 1 amide bonds. The molecule has 2 atom stereocenters. The summed E-state index contributed by atoms with van der Waals surface area (Å²) in [5.41, 5.74) is 7.52. The van der Waals surface area contributed by atoms with E-state index >= 15 is 0 Å². The Morgan fingerprint density at radius 3 is 2.29 bits per heavy atom. The van der Waals surface area contributed by atoms with Crippen molar-refractivity contribution in [2.45, 2.75) is 37.6 Å². The fourth-order valence-corrected chi connectivity index (χ4v) is 4.46. The highest BCUT2D eigenvalue weighted by Crippen LogP contribution is 2.47. The highest BCUT2D eigenvalue weighted by molar-refractivity contribution is 5.75. The minimum Gasteiger partial charge on any atom is -0.493 e. The number of methoxy groups -OCH3 is 2. The lowest BCUT2D eigenvalue weighted by atomic mass is 9.72. The van der Waals surface area contributed by atoms with Crippen molar-refractivity contribution >= 4 is 5.91 Å². The predicted molar refractivity (Wildman–Crippen MR) is 111 cm³/mol. The summed E-state index contributed by atoms with van der Waals surface area (Å²) in [5.74, 6) is 1.03. The van der Waals surface area contributed by atoms with Gasteiger partial charge in [-0.3, -0.25) is 9.69 Å². The summed E-state index contributed by atoms with van der Waals surface area (Å²) in [4.78, 5) is 14.5. The Hall–Kier alpha value is -2.53. The largest absolute Gasteiger partial charge is 0.493 e. The third kappa shape index (κ3) is 3.85. The van der Waals surface area contributed by atoms with Gasteiger partial charge in [0.1, 0.15) is 0 Å². The van der Waals surface area contributed by atoms with E-state index in [0.717, 1.165) is 37.1 Å². The number of ether oxygens (including phenoxy) is 2. The molecule has 0 aromatic heterocycles. The Bertz CT molecular complexity index is 803. The van der Waals surface area contributed by atoms with Crippen LogP contribution in [0.15, 0.2) is 48.5 Å². The van der Waals surface area contributed by atoms with Gasteiger partial charge in [0.05, 0.1) is 19.8 Å². The van der Waals surface area contributed by atoms with E-state index < -0.39 is 5.54 Å². The predicted octanol–water partition coefficient (Wildman–Crippen LogP) is 3.67. The first-order chi connectivity index (χ1) is 13.5. The van der Waals surface area contributed by atoms with Gasteiger partial charge in [-0.15, -0.1) is 0 Å². The first-order valence-corrected chi connectivity index (χ1v) is 9.81. The van der Waals surface area contributed by atoms with Crippen LogP contribution in [0.25, 0.3) is 0 Å². The van der Waals surface area contributed by atoms with Gasteiger partial charge in [0, 0.05) is 12.3 Å². The molecule has 2 aromatic rings. The number of nitrogens with two attached hydrogens (primary N) is 1. The number of nitrogens with zero attached hydrogens (tertiary/aromatic N) is 1. The van der Waals surface area contributed by atoms with E-state index in [-0.39, 0.29) is 18.2 Å². The Labute approximate surface area is 167 Å². The third-order valence-electron chi connectivity index (χ3n) is 6.02. The van der Waals surface area contributed by atoms with Crippen LogP contribution in [0.1, 0.15) is 43.2 Å². The number of amides is 1. The lowest BCUT2D eigenvalue weighted by Gasteiger charge is -2.45. The van der Waals surface area contributed by atoms with Gasteiger partial charge in [0.25, 0.3) is 0 Å².